The van der Waals surface area contributed by atoms with Gasteiger partial charge in [0.25, 0.3) is 0 Å². The van der Waals surface area contributed by atoms with Crippen LogP contribution in [0, 0.1) is 11.3 Å². The van der Waals surface area contributed by atoms with Gasteiger partial charge in [0.2, 0.25) is 5.95 Å². The molecule has 1 saturated carbocycles. The summed E-state index contributed by atoms with van der Waals surface area (Å²) in [4.78, 5) is 8.17. The van der Waals surface area contributed by atoms with E-state index in [4.69, 9.17) is 11.0 Å². The second-order valence-corrected chi connectivity index (χ2v) is 4.08. The summed E-state index contributed by atoms with van der Waals surface area (Å²) < 4.78 is 0. The average Bonchev–Trinajstić information content (AvgIpc) is 2.32. The Kier molecular flexibility index (Phi) is 3.32. The Hall–Kier alpha value is -1.67. The molecule has 5 heteroatoms. The lowest BCUT2D eigenvalue weighted by Gasteiger charge is -2.29. The van der Waals surface area contributed by atoms with Crippen LogP contribution in [0.5, 0.6) is 0 Å². The summed E-state index contributed by atoms with van der Waals surface area (Å²) in [5.74, 6) is 0.501. The number of aromatic nitrogens is 2. The van der Waals surface area contributed by atoms with E-state index in [1.165, 1.54) is 12.8 Å². The summed E-state index contributed by atoms with van der Waals surface area (Å²) in [6, 6.07) is 3.96. The van der Waals surface area contributed by atoms with E-state index in [-0.39, 0.29) is 12.1 Å². The molecule has 0 amide bonds. The van der Waals surface area contributed by atoms with Gasteiger partial charge in [-0.25, -0.2) is 9.97 Å². The molecule has 1 heterocycles. The summed E-state index contributed by atoms with van der Waals surface area (Å²) in [5, 5.41) is 11.9. The van der Waals surface area contributed by atoms with Crippen molar-refractivity contribution in [1.82, 2.24) is 9.97 Å². The second kappa shape index (κ2) is 4.90. The minimum Gasteiger partial charge on any atom is -0.350 e. The van der Waals surface area contributed by atoms with Crippen LogP contribution in [0.2, 0.25) is 0 Å². The van der Waals surface area contributed by atoms with Crippen LogP contribution < -0.4 is 11.1 Å². The van der Waals surface area contributed by atoms with Gasteiger partial charge >= 0.3 is 0 Å². The quantitative estimate of drug-likeness (QED) is 0.772. The Labute approximate surface area is 94.7 Å². The van der Waals surface area contributed by atoms with E-state index in [0.717, 1.165) is 12.8 Å². The van der Waals surface area contributed by atoms with Gasteiger partial charge in [-0.15, -0.1) is 0 Å². The van der Waals surface area contributed by atoms with E-state index < -0.39 is 0 Å². The predicted octanol–water partition coefficient (Wildman–Crippen LogP) is 1.03. The molecule has 0 aromatic carbocycles. The molecule has 0 saturated heterocycles. The van der Waals surface area contributed by atoms with Gasteiger partial charge in [0.05, 0.1) is 0 Å². The smallest absolute Gasteiger partial charge is 0.224 e. The zero-order chi connectivity index (χ0) is 11.4. The summed E-state index contributed by atoms with van der Waals surface area (Å²) >= 11 is 0. The molecule has 1 aromatic rings. The van der Waals surface area contributed by atoms with E-state index in [1.54, 1.807) is 12.3 Å². The maximum atomic E-state index is 8.73. The molecule has 0 spiro atoms. The van der Waals surface area contributed by atoms with E-state index in [2.05, 4.69) is 15.3 Å². The fourth-order valence-electron chi connectivity index (χ4n) is 2.00. The molecule has 0 bridgehead atoms. The first-order chi connectivity index (χ1) is 7.79. The fraction of sp³-hybridized carbons (Fsp3) is 0.545. The Morgan fingerprint density at radius 1 is 1.44 bits per heavy atom. The molecule has 84 valence electrons. The number of nitrogens with two attached hydrogens (primary N) is 1. The zero-order valence-electron chi connectivity index (χ0n) is 9.06. The van der Waals surface area contributed by atoms with Crippen molar-refractivity contribution < 1.29 is 0 Å². The molecule has 3 N–H and O–H groups in total. The third kappa shape index (κ3) is 2.47. The normalized spacial score (nSPS) is 24.8. The maximum absolute atomic E-state index is 8.73. The molecule has 1 aliphatic rings. The van der Waals surface area contributed by atoms with Crippen molar-refractivity contribution in [1.29, 1.82) is 5.26 Å². The Balaban J connectivity index is 2.05. The van der Waals surface area contributed by atoms with Crippen molar-refractivity contribution in [3.63, 3.8) is 0 Å². The topological polar surface area (TPSA) is 87.6 Å². The number of rotatable bonds is 2. The highest BCUT2D eigenvalue weighted by atomic mass is 15.1. The third-order valence-corrected chi connectivity index (χ3v) is 2.90. The molecule has 1 aromatic heterocycles. The van der Waals surface area contributed by atoms with Crippen molar-refractivity contribution in [3.8, 4) is 6.07 Å². The molecule has 0 aliphatic heterocycles. The monoisotopic (exact) mass is 217 g/mol. The highest BCUT2D eigenvalue weighted by Crippen LogP contribution is 2.19. The molecular weight excluding hydrogens is 202 g/mol. The van der Waals surface area contributed by atoms with Gasteiger partial charge in [-0.05, 0) is 18.9 Å². The van der Waals surface area contributed by atoms with Gasteiger partial charge in [0, 0.05) is 18.3 Å². The Morgan fingerprint density at radius 2 is 2.25 bits per heavy atom. The molecule has 5 nitrogen and oxygen atoms in total. The van der Waals surface area contributed by atoms with Crippen molar-refractivity contribution in [2.45, 2.75) is 37.8 Å². The first kappa shape index (κ1) is 10.8. The average molecular weight is 217 g/mol. The number of hydrogen-bond acceptors (Lipinski definition) is 5. The van der Waals surface area contributed by atoms with E-state index in [1.807, 2.05) is 6.07 Å². The largest absolute Gasteiger partial charge is 0.350 e. The summed E-state index contributed by atoms with van der Waals surface area (Å²) in [6.07, 6.45) is 6.04. The molecule has 2 rings (SSSR count). The lowest BCUT2D eigenvalue weighted by Crippen LogP contribution is -2.42. The van der Waals surface area contributed by atoms with Crippen molar-refractivity contribution in [2.75, 3.05) is 5.32 Å². The first-order valence-corrected chi connectivity index (χ1v) is 5.55. The third-order valence-electron chi connectivity index (χ3n) is 2.90. The van der Waals surface area contributed by atoms with Crippen LogP contribution in [0.4, 0.5) is 5.95 Å². The number of nitriles is 1. The van der Waals surface area contributed by atoms with Crippen LogP contribution in [-0.4, -0.2) is 22.1 Å². The highest BCUT2D eigenvalue weighted by Gasteiger charge is 2.22. The Morgan fingerprint density at radius 3 is 3.00 bits per heavy atom. The van der Waals surface area contributed by atoms with Gasteiger partial charge in [-0.3, -0.25) is 0 Å². The Bertz CT molecular complexity index is 398. The second-order valence-electron chi connectivity index (χ2n) is 4.08. The minimum atomic E-state index is 0.156. The lowest BCUT2D eigenvalue weighted by atomic mass is 9.91. The molecule has 2 unspecified atom stereocenters. The number of anilines is 1. The van der Waals surface area contributed by atoms with Gasteiger partial charge in [-0.1, -0.05) is 12.8 Å². The van der Waals surface area contributed by atoms with Gasteiger partial charge in [-0.2, -0.15) is 5.26 Å². The summed E-state index contributed by atoms with van der Waals surface area (Å²) in [7, 11) is 0. The van der Waals surface area contributed by atoms with E-state index in [0.29, 0.717) is 11.6 Å². The fourth-order valence-corrected chi connectivity index (χ4v) is 2.00. The van der Waals surface area contributed by atoms with E-state index >= 15 is 0 Å². The minimum absolute atomic E-state index is 0.156. The SMILES string of the molecule is N#Cc1ccnc(NC2CCCCC2N)n1. The molecule has 16 heavy (non-hydrogen) atoms. The maximum Gasteiger partial charge on any atom is 0.224 e. The van der Waals surface area contributed by atoms with E-state index in [9.17, 15) is 0 Å². The summed E-state index contributed by atoms with van der Waals surface area (Å²) in [6.45, 7) is 0. The molecule has 0 radical (unpaired) electrons. The number of hydrogen-bond donors (Lipinski definition) is 2. The number of nitrogens with one attached hydrogen (secondary N) is 1. The molecular formula is C11H15N5. The number of nitrogens with zero attached hydrogens (tertiary/aromatic N) is 3. The van der Waals surface area contributed by atoms with Crippen molar-refractivity contribution >= 4 is 5.95 Å². The van der Waals surface area contributed by atoms with Crippen LogP contribution in [-0.2, 0) is 0 Å². The zero-order valence-corrected chi connectivity index (χ0v) is 9.06. The van der Waals surface area contributed by atoms with Crippen LogP contribution in [0.25, 0.3) is 0 Å². The molecule has 1 aliphatic carbocycles. The van der Waals surface area contributed by atoms with Gasteiger partial charge in [0.15, 0.2) is 0 Å². The van der Waals surface area contributed by atoms with Crippen LogP contribution >= 0.6 is 0 Å². The highest BCUT2D eigenvalue weighted by molar-refractivity contribution is 5.31. The summed E-state index contributed by atoms with van der Waals surface area (Å²) in [5.41, 5.74) is 6.39. The first-order valence-electron chi connectivity index (χ1n) is 5.55. The van der Waals surface area contributed by atoms with Crippen LogP contribution in [0.1, 0.15) is 31.4 Å². The van der Waals surface area contributed by atoms with Gasteiger partial charge < -0.3 is 11.1 Å². The predicted molar refractivity (Wildman–Crippen MR) is 60.6 cm³/mol. The van der Waals surface area contributed by atoms with Crippen molar-refractivity contribution in [2.24, 2.45) is 5.73 Å². The van der Waals surface area contributed by atoms with Crippen molar-refractivity contribution in [3.05, 3.63) is 18.0 Å². The van der Waals surface area contributed by atoms with Gasteiger partial charge in [0.1, 0.15) is 11.8 Å². The van der Waals surface area contributed by atoms with Crippen LogP contribution in [0.3, 0.4) is 0 Å². The lowest BCUT2D eigenvalue weighted by molar-refractivity contribution is 0.402. The molecule has 1 fully saturated rings. The standard InChI is InChI=1S/C11H15N5/c12-7-8-5-6-14-11(15-8)16-10-4-2-1-3-9(10)13/h5-6,9-10H,1-4,13H2,(H,14,15,16). The van der Waals surface area contributed by atoms with Crippen LogP contribution in [0.15, 0.2) is 12.3 Å². The molecule has 2 atom stereocenters.